The second-order valence-corrected chi connectivity index (χ2v) is 5.92. The first-order valence-electron chi connectivity index (χ1n) is 6.32. The number of hydrogen-bond donors (Lipinski definition) is 1. The Morgan fingerprint density at radius 3 is 3.05 bits per heavy atom. The first-order chi connectivity index (χ1) is 10.2. The van der Waals surface area contributed by atoms with Crippen molar-refractivity contribution in [1.29, 1.82) is 0 Å². The fourth-order valence-corrected chi connectivity index (χ4v) is 3.45. The molecule has 4 nitrogen and oxygen atoms in total. The SMILES string of the molecule is O=c1c2sccc2[nH]c(=S)n1-c1ccc2ncccc2c1. The van der Waals surface area contributed by atoms with Gasteiger partial charge in [0.2, 0.25) is 0 Å². The maximum absolute atomic E-state index is 12.6. The zero-order valence-electron chi connectivity index (χ0n) is 10.7. The minimum atomic E-state index is -0.0907. The number of nitrogens with zero attached hydrogens (tertiary/aromatic N) is 2. The normalized spacial score (nSPS) is 11.2. The lowest BCUT2D eigenvalue weighted by atomic mass is 10.2. The van der Waals surface area contributed by atoms with Gasteiger partial charge in [0.25, 0.3) is 5.56 Å². The maximum Gasteiger partial charge on any atom is 0.276 e. The van der Waals surface area contributed by atoms with Crippen molar-refractivity contribution >= 4 is 44.7 Å². The van der Waals surface area contributed by atoms with Gasteiger partial charge in [-0.15, -0.1) is 11.3 Å². The smallest absolute Gasteiger partial charge is 0.276 e. The molecule has 0 fully saturated rings. The van der Waals surface area contributed by atoms with E-state index in [1.807, 2.05) is 41.8 Å². The summed E-state index contributed by atoms with van der Waals surface area (Å²) in [6.45, 7) is 0. The van der Waals surface area contributed by atoms with Crippen LogP contribution in [0.3, 0.4) is 0 Å². The van der Waals surface area contributed by atoms with E-state index in [1.165, 1.54) is 15.9 Å². The summed E-state index contributed by atoms with van der Waals surface area (Å²) in [4.78, 5) is 20.0. The molecule has 6 heteroatoms. The molecule has 1 N–H and O–H groups in total. The van der Waals surface area contributed by atoms with Gasteiger partial charge in [0.1, 0.15) is 4.70 Å². The molecule has 0 aliphatic carbocycles. The standard InChI is InChI=1S/C15H9N3OS2/c19-14-13-12(5-7-21-13)17-15(20)18(14)10-3-4-11-9(8-10)2-1-6-16-11/h1-8H,(H,17,20). The Bertz CT molecular complexity index is 1090. The van der Waals surface area contributed by atoms with Crippen LogP contribution in [0.5, 0.6) is 0 Å². The van der Waals surface area contributed by atoms with Crippen LogP contribution in [0.4, 0.5) is 0 Å². The van der Waals surface area contributed by atoms with Gasteiger partial charge in [-0.1, -0.05) is 6.07 Å². The van der Waals surface area contributed by atoms with Crippen LogP contribution in [0.1, 0.15) is 0 Å². The highest BCUT2D eigenvalue weighted by Crippen LogP contribution is 2.19. The third-order valence-electron chi connectivity index (χ3n) is 3.35. The van der Waals surface area contributed by atoms with Crippen molar-refractivity contribution in [2.75, 3.05) is 0 Å². The van der Waals surface area contributed by atoms with Crippen LogP contribution in [-0.2, 0) is 0 Å². The summed E-state index contributed by atoms with van der Waals surface area (Å²) in [5.41, 5.74) is 2.33. The van der Waals surface area contributed by atoms with Crippen LogP contribution in [0, 0.1) is 4.77 Å². The summed E-state index contributed by atoms with van der Waals surface area (Å²) >= 11 is 6.75. The Morgan fingerprint density at radius 1 is 1.24 bits per heavy atom. The van der Waals surface area contributed by atoms with Gasteiger partial charge in [-0.2, -0.15) is 0 Å². The van der Waals surface area contributed by atoms with Gasteiger partial charge in [-0.3, -0.25) is 14.3 Å². The third kappa shape index (κ3) is 1.91. The fraction of sp³-hybridized carbons (Fsp3) is 0. The molecule has 0 saturated heterocycles. The van der Waals surface area contributed by atoms with Gasteiger partial charge in [0.05, 0.1) is 16.7 Å². The van der Waals surface area contributed by atoms with Crippen LogP contribution < -0.4 is 5.56 Å². The maximum atomic E-state index is 12.6. The van der Waals surface area contributed by atoms with E-state index in [2.05, 4.69) is 9.97 Å². The molecule has 0 aliphatic rings. The highest BCUT2D eigenvalue weighted by Gasteiger charge is 2.09. The highest BCUT2D eigenvalue weighted by atomic mass is 32.1. The van der Waals surface area contributed by atoms with Gasteiger partial charge in [0.15, 0.2) is 4.77 Å². The lowest BCUT2D eigenvalue weighted by Crippen LogP contribution is -2.19. The lowest BCUT2D eigenvalue weighted by molar-refractivity contribution is 0.945. The number of hydrogen-bond acceptors (Lipinski definition) is 4. The first-order valence-corrected chi connectivity index (χ1v) is 7.60. The van der Waals surface area contributed by atoms with Gasteiger partial charge < -0.3 is 4.98 Å². The number of aromatic amines is 1. The zero-order chi connectivity index (χ0) is 14.4. The van der Waals surface area contributed by atoms with Crippen LogP contribution >= 0.6 is 23.6 Å². The topological polar surface area (TPSA) is 50.7 Å². The zero-order valence-corrected chi connectivity index (χ0v) is 12.4. The Labute approximate surface area is 128 Å². The van der Waals surface area contributed by atoms with Gasteiger partial charge in [-0.05, 0) is 47.9 Å². The van der Waals surface area contributed by atoms with Crippen LogP contribution in [-0.4, -0.2) is 14.5 Å². The molecule has 0 unspecified atom stereocenters. The molecule has 0 spiro atoms. The number of benzene rings is 1. The monoisotopic (exact) mass is 311 g/mol. The first kappa shape index (κ1) is 12.4. The summed E-state index contributed by atoms with van der Waals surface area (Å²) in [7, 11) is 0. The van der Waals surface area contributed by atoms with E-state index in [0.717, 1.165) is 22.1 Å². The Kier molecular flexibility index (Phi) is 2.73. The molecule has 4 rings (SSSR count). The van der Waals surface area contributed by atoms with E-state index in [-0.39, 0.29) is 5.56 Å². The third-order valence-corrected chi connectivity index (χ3v) is 4.54. The van der Waals surface area contributed by atoms with E-state index in [9.17, 15) is 4.79 Å². The number of nitrogens with one attached hydrogen (secondary N) is 1. The van der Waals surface area contributed by atoms with Crippen LogP contribution in [0.2, 0.25) is 0 Å². The summed E-state index contributed by atoms with van der Waals surface area (Å²) in [5.74, 6) is 0. The molecule has 0 bridgehead atoms. The quantitative estimate of drug-likeness (QED) is 0.546. The van der Waals surface area contributed by atoms with Gasteiger partial charge >= 0.3 is 0 Å². The molecule has 1 aromatic carbocycles. The summed E-state index contributed by atoms with van der Waals surface area (Å²) in [6, 6.07) is 11.4. The van der Waals surface area contributed by atoms with Crippen LogP contribution in [0.15, 0.2) is 52.8 Å². The second kappa shape index (κ2) is 4.61. The summed E-state index contributed by atoms with van der Waals surface area (Å²) in [6.07, 6.45) is 1.75. The molecule has 0 radical (unpaired) electrons. The number of rotatable bonds is 1. The molecular formula is C15H9N3OS2. The Hall–Kier alpha value is -2.31. The predicted octanol–water partition coefficient (Wildman–Crippen LogP) is 3.66. The van der Waals surface area contributed by atoms with Crippen molar-refractivity contribution in [3.8, 4) is 5.69 Å². The largest absolute Gasteiger partial charge is 0.331 e. The van der Waals surface area contributed by atoms with Crippen molar-refractivity contribution in [2.45, 2.75) is 0 Å². The van der Waals surface area contributed by atoms with Gasteiger partial charge in [-0.25, -0.2) is 0 Å². The Morgan fingerprint density at radius 2 is 2.14 bits per heavy atom. The second-order valence-electron chi connectivity index (χ2n) is 4.61. The van der Waals surface area contributed by atoms with Crippen molar-refractivity contribution in [1.82, 2.24) is 14.5 Å². The molecule has 0 aliphatic heterocycles. The van der Waals surface area contributed by atoms with Crippen molar-refractivity contribution < 1.29 is 0 Å². The average molecular weight is 311 g/mol. The lowest BCUT2D eigenvalue weighted by Gasteiger charge is -2.07. The van der Waals surface area contributed by atoms with E-state index in [1.54, 1.807) is 6.20 Å². The van der Waals surface area contributed by atoms with Gasteiger partial charge in [0, 0.05) is 11.6 Å². The average Bonchev–Trinajstić information content (AvgIpc) is 2.95. The predicted molar refractivity (Wildman–Crippen MR) is 87.9 cm³/mol. The van der Waals surface area contributed by atoms with Crippen molar-refractivity contribution in [3.05, 3.63) is 63.1 Å². The van der Waals surface area contributed by atoms with Crippen LogP contribution in [0.25, 0.3) is 26.8 Å². The molecule has 3 heterocycles. The van der Waals surface area contributed by atoms with Crippen molar-refractivity contribution in [3.63, 3.8) is 0 Å². The molecule has 0 atom stereocenters. The number of H-pyrrole nitrogens is 1. The number of fused-ring (bicyclic) bond motifs is 2. The minimum Gasteiger partial charge on any atom is -0.331 e. The molecule has 102 valence electrons. The number of thiophene rings is 1. The summed E-state index contributed by atoms with van der Waals surface area (Å²) in [5, 5.41) is 2.86. The van der Waals surface area contributed by atoms with E-state index < -0.39 is 0 Å². The number of aromatic nitrogens is 3. The molecular weight excluding hydrogens is 302 g/mol. The molecule has 0 amide bonds. The molecule has 21 heavy (non-hydrogen) atoms. The minimum absolute atomic E-state index is 0.0907. The highest BCUT2D eigenvalue weighted by molar-refractivity contribution is 7.71. The van der Waals surface area contributed by atoms with E-state index in [4.69, 9.17) is 12.2 Å². The number of pyridine rings is 1. The van der Waals surface area contributed by atoms with E-state index in [0.29, 0.717) is 9.47 Å². The Balaban J connectivity index is 2.08. The van der Waals surface area contributed by atoms with Crippen molar-refractivity contribution in [2.24, 2.45) is 0 Å². The summed E-state index contributed by atoms with van der Waals surface area (Å²) < 4.78 is 2.60. The molecule has 4 aromatic rings. The molecule has 3 aromatic heterocycles. The van der Waals surface area contributed by atoms with E-state index >= 15 is 0 Å². The molecule has 0 saturated carbocycles. The fourth-order valence-electron chi connectivity index (χ4n) is 2.37.